The molecule has 0 bridgehead atoms. The van der Waals surface area contributed by atoms with E-state index in [4.69, 9.17) is 0 Å². The quantitative estimate of drug-likeness (QED) is 0.669. The van der Waals surface area contributed by atoms with Gasteiger partial charge in [0.25, 0.3) is 0 Å². The molecule has 0 atom stereocenters. The first-order valence-corrected chi connectivity index (χ1v) is 5.12. The normalized spacial score (nSPS) is 10.8. The topological polar surface area (TPSA) is 4.93 Å². The van der Waals surface area contributed by atoms with Crippen LogP contribution in [0.1, 0.15) is 13.3 Å². The van der Waals surface area contributed by atoms with E-state index in [9.17, 15) is 4.39 Å². The van der Waals surface area contributed by atoms with Gasteiger partial charge in [-0.3, -0.25) is 0 Å². The van der Waals surface area contributed by atoms with Gasteiger partial charge in [0, 0.05) is 18.1 Å². The molecule has 0 amide bonds. The van der Waals surface area contributed by atoms with Crippen LogP contribution in [-0.2, 0) is 6.54 Å². The Morgan fingerprint density at radius 1 is 1.40 bits per heavy atom. The molecular weight excluding hydrogens is 189 g/mol. The van der Waals surface area contributed by atoms with Gasteiger partial charge in [0.2, 0.25) is 0 Å². The third-order valence-electron chi connectivity index (χ3n) is 2.65. The molecule has 1 aromatic carbocycles. The van der Waals surface area contributed by atoms with Crippen molar-refractivity contribution in [1.82, 2.24) is 4.57 Å². The summed E-state index contributed by atoms with van der Waals surface area (Å²) in [6, 6.07) is 6.97. The average molecular weight is 203 g/mol. The van der Waals surface area contributed by atoms with Crippen LogP contribution in [-0.4, -0.2) is 4.57 Å². The highest BCUT2D eigenvalue weighted by atomic mass is 19.1. The highest BCUT2D eigenvalue weighted by Crippen LogP contribution is 2.20. The van der Waals surface area contributed by atoms with E-state index in [2.05, 4.69) is 13.5 Å². The molecule has 0 saturated heterocycles. The number of aromatic nitrogens is 1. The largest absolute Gasteiger partial charge is 0.343 e. The van der Waals surface area contributed by atoms with Gasteiger partial charge >= 0.3 is 0 Å². The number of allylic oxidation sites excluding steroid dienone is 1. The van der Waals surface area contributed by atoms with Crippen molar-refractivity contribution < 1.29 is 4.39 Å². The van der Waals surface area contributed by atoms with Crippen molar-refractivity contribution >= 4 is 10.9 Å². The van der Waals surface area contributed by atoms with Crippen LogP contribution in [0, 0.1) is 5.82 Å². The smallest absolute Gasteiger partial charge is 0.132 e. The second kappa shape index (κ2) is 3.89. The van der Waals surface area contributed by atoms with Gasteiger partial charge in [-0.1, -0.05) is 25.1 Å². The van der Waals surface area contributed by atoms with Crippen molar-refractivity contribution in [2.75, 3.05) is 0 Å². The summed E-state index contributed by atoms with van der Waals surface area (Å²) >= 11 is 0. The van der Waals surface area contributed by atoms with Crippen LogP contribution in [0.5, 0.6) is 0 Å². The van der Waals surface area contributed by atoms with Gasteiger partial charge in [0.05, 0.1) is 5.52 Å². The second-order valence-electron chi connectivity index (χ2n) is 3.72. The summed E-state index contributed by atoms with van der Waals surface area (Å²) in [6.07, 6.45) is 2.86. The number of hydrogen-bond acceptors (Lipinski definition) is 0. The average Bonchev–Trinajstić information content (AvgIpc) is 2.63. The molecule has 1 nitrogen and oxygen atoms in total. The molecule has 2 aromatic rings. The molecular formula is C13H14FN. The molecule has 15 heavy (non-hydrogen) atoms. The minimum atomic E-state index is -0.159. The molecule has 2 rings (SSSR count). The van der Waals surface area contributed by atoms with Crippen LogP contribution in [0.3, 0.4) is 0 Å². The highest BCUT2D eigenvalue weighted by Gasteiger charge is 2.04. The van der Waals surface area contributed by atoms with Crippen LogP contribution in [0.2, 0.25) is 0 Å². The first-order valence-electron chi connectivity index (χ1n) is 5.12. The lowest BCUT2D eigenvalue weighted by atomic mass is 10.2. The Labute approximate surface area is 88.8 Å². The Morgan fingerprint density at radius 2 is 2.20 bits per heavy atom. The van der Waals surface area contributed by atoms with Gasteiger partial charge in [-0.05, 0) is 24.6 Å². The fourth-order valence-corrected chi connectivity index (χ4v) is 1.68. The fraction of sp³-hybridized carbons (Fsp3) is 0.231. The predicted octanol–water partition coefficient (Wildman–Crippen LogP) is 3.75. The third-order valence-corrected chi connectivity index (χ3v) is 2.65. The zero-order valence-corrected chi connectivity index (χ0v) is 8.83. The first-order chi connectivity index (χ1) is 7.22. The molecule has 0 spiro atoms. The van der Waals surface area contributed by atoms with Crippen molar-refractivity contribution in [1.29, 1.82) is 0 Å². The van der Waals surface area contributed by atoms with Crippen LogP contribution in [0.15, 0.2) is 42.6 Å². The Balaban J connectivity index is 2.45. The van der Waals surface area contributed by atoms with Gasteiger partial charge in [-0.15, -0.1) is 0 Å². The highest BCUT2D eigenvalue weighted by molar-refractivity contribution is 5.80. The van der Waals surface area contributed by atoms with E-state index in [0.29, 0.717) is 5.39 Å². The number of rotatable bonds is 3. The number of hydrogen-bond donors (Lipinski definition) is 0. The Hall–Kier alpha value is -1.57. The van der Waals surface area contributed by atoms with Gasteiger partial charge in [0.1, 0.15) is 5.82 Å². The SMILES string of the molecule is C=C(CC)Cn1ccc2c(F)cccc21. The van der Waals surface area contributed by atoms with E-state index < -0.39 is 0 Å². The fourth-order valence-electron chi connectivity index (χ4n) is 1.68. The Morgan fingerprint density at radius 3 is 2.93 bits per heavy atom. The molecule has 0 unspecified atom stereocenters. The van der Waals surface area contributed by atoms with Crippen molar-refractivity contribution in [2.24, 2.45) is 0 Å². The molecule has 1 aromatic heterocycles. The monoisotopic (exact) mass is 203 g/mol. The summed E-state index contributed by atoms with van der Waals surface area (Å²) < 4.78 is 15.4. The zero-order valence-electron chi connectivity index (χ0n) is 8.83. The Kier molecular flexibility index (Phi) is 2.58. The molecule has 1 heterocycles. The van der Waals surface area contributed by atoms with Crippen LogP contribution in [0.25, 0.3) is 10.9 Å². The van der Waals surface area contributed by atoms with Crippen LogP contribution >= 0.6 is 0 Å². The van der Waals surface area contributed by atoms with Gasteiger partial charge in [0.15, 0.2) is 0 Å². The summed E-state index contributed by atoms with van der Waals surface area (Å²) in [5.41, 5.74) is 2.08. The van der Waals surface area contributed by atoms with Crippen LogP contribution < -0.4 is 0 Å². The summed E-state index contributed by atoms with van der Waals surface area (Å²) in [5.74, 6) is -0.159. The molecule has 78 valence electrons. The maximum absolute atomic E-state index is 13.4. The number of halogens is 1. The van der Waals surface area contributed by atoms with Crippen LogP contribution in [0.4, 0.5) is 4.39 Å². The third kappa shape index (κ3) is 1.80. The van der Waals surface area contributed by atoms with Crippen molar-refractivity contribution in [3.8, 4) is 0 Å². The minimum absolute atomic E-state index is 0.159. The van der Waals surface area contributed by atoms with Gasteiger partial charge in [-0.25, -0.2) is 4.39 Å². The number of fused-ring (bicyclic) bond motifs is 1. The summed E-state index contributed by atoms with van der Waals surface area (Å²) in [6.45, 7) is 6.81. The zero-order chi connectivity index (χ0) is 10.8. The van der Waals surface area contributed by atoms with E-state index in [0.717, 1.165) is 24.1 Å². The lowest BCUT2D eigenvalue weighted by Gasteiger charge is -2.06. The first kappa shape index (κ1) is 9.97. The second-order valence-corrected chi connectivity index (χ2v) is 3.72. The molecule has 0 aliphatic rings. The molecule has 0 radical (unpaired) electrons. The minimum Gasteiger partial charge on any atom is -0.343 e. The lowest BCUT2D eigenvalue weighted by Crippen LogP contribution is -1.97. The predicted molar refractivity (Wildman–Crippen MR) is 61.3 cm³/mol. The van der Waals surface area contributed by atoms with E-state index in [1.54, 1.807) is 6.07 Å². The van der Waals surface area contributed by atoms with E-state index >= 15 is 0 Å². The van der Waals surface area contributed by atoms with Crippen molar-refractivity contribution in [3.63, 3.8) is 0 Å². The maximum Gasteiger partial charge on any atom is 0.132 e. The summed E-state index contributed by atoms with van der Waals surface area (Å²) in [7, 11) is 0. The van der Waals surface area contributed by atoms with Crippen molar-refractivity contribution in [2.45, 2.75) is 19.9 Å². The molecule has 2 heteroatoms. The number of benzene rings is 1. The molecule has 0 aliphatic carbocycles. The molecule has 0 saturated carbocycles. The van der Waals surface area contributed by atoms with Gasteiger partial charge < -0.3 is 4.57 Å². The Bertz CT molecular complexity index is 496. The summed E-state index contributed by atoms with van der Waals surface area (Å²) in [5, 5.41) is 0.682. The standard InChI is InChI=1S/C13H14FN/c1-3-10(2)9-15-8-7-11-12(14)5-4-6-13(11)15/h4-8H,2-3,9H2,1H3. The molecule has 0 aliphatic heterocycles. The lowest BCUT2D eigenvalue weighted by molar-refractivity contribution is 0.639. The number of nitrogens with zero attached hydrogens (tertiary/aromatic N) is 1. The molecule has 0 N–H and O–H groups in total. The van der Waals surface area contributed by atoms with E-state index in [1.807, 2.05) is 22.9 Å². The van der Waals surface area contributed by atoms with Gasteiger partial charge in [-0.2, -0.15) is 0 Å². The van der Waals surface area contributed by atoms with E-state index in [-0.39, 0.29) is 5.82 Å². The van der Waals surface area contributed by atoms with E-state index in [1.165, 1.54) is 6.07 Å². The maximum atomic E-state index is 13.4. The molecule has 0 fully saturated rings. The van der Waals surface area contributed by atoms with Crippen molar-refractivity contribution in [3.05, 3.63) is 48.4 Å². The summed E-state index contributed by atoms with van der Waals surface area (Å²) in [4.78, 5) is 0.